The van der Waals surface area contributed by atoms with Gasteiger partial charge in [-0.15, -0.1) is 0 Å². The van der Waals surface area contributed by atoms with E-state index in [1.54, 1.807) is 6.07 Å². The molecule has 0 spiro atoms. The van der Waals surface area contributed by atoms with Crippen LogP contribution in [0.15, 0.2) is 24.3 Å². The standard InChI is InChI=1S/C12H15N3O4/c16-11-7-13-5-8(11)6-14-12(17)9-3-1-2-4-10(9)15(18)19/h1-4,8,11,13,16H,5-7H2,(H,14,17). The van der Waals surface area contributed by atoms with Gasteiger partial charge in [0.05, 0.1) is 11.0 Å². The van der Waals surface area contributed by atoms with Gasteiger partial charge in [0.15, 0.2) is 0 Å². The number of nitro groups is 1. The maximum Gasteiger partial charge on any atom is 0.282 e. The second-order valence-corrected chi connectivity index (χ2v) is 4.47. The molecule has 7 heteroatoms. The number of nitrogens with zero attached hydrogens (tertiary/aromatic N) is 1. The average molecular weight is 265 g/mol. The van der Waals surface area contributed by atoms with E-state index in [-0.39, 0.29) is 17.2 Å². The number of rotatable bonds is 4. The van der Waals surface area contributed by atoms with Crippen molar-refractivity contribution in [2.24, 2.45) is 5.92 Å². The summed E-state index contributed by atoms with van der Waals surface area (Å²) in [6, 6.07) is 5.80. The number of aliphatic hydroxyl groups excluding tert-OH is 1. The fourth-order valence-electron chi connectivity index (χ4n) is 2.07. The molecule has 7 nitrogen and oxygen atoms in total. The van der Waals surface area contributed by atoms with E-state index in [9.17, 15) is 20.0 Å². The number of carbonyl (C=O) groups is 1. The van der Waals surface area contributed by atoms with Crippen molar-refractivity contribution in [1.82, 2.24) is 10.6 Å². The Morgan fingerprint density at radius 1 is 1.47 bits per heavy atom. The molecular weight excluding hydrogens is 250 g/mol. The first kappa shape index (κ1) is 13.4. The number of hydrogen-bond acceptors (Lipinski definition) is 5. The average Bonchev–Trinajstić information content (AvgIpc) is 2.81. The predicted octanol–water partition coefficient (Wildman–Crippen LogP) is -0.0951. The first-order valence-electron chi connectivity index (χ1n) is 6.00. The molecule has 1 aromatic rings. The van der Waals surface area contributed by atoms with E-state index in [0.29, 0.717) is 19.6 Å². The van der Waals surface area contributed by atoms with Crippen LogP contribution in [0.3, 0.4) is 0 Å². The van der Waals surface area contributed by atoms with Gasteiger partial charge in [-0.1, -0.05) is 12.1 Å². The SMILES string of the molecule is O=C(NCC1CNCC1O)c1ccccc1[N+](=O)[O-]. The largest absolute Gasteiger partial charge is 0.391 e. The molecule has 2 atom stereocenters. The number of amides is 1. The zero-order chi connectivity index (χ0) is 13.8. The molecule has 0 aliphatic carbocycles. The van der Waals surface area contributed by atoms with Crippen molar-refractivity contribution in [1.29, 1.82) is 0 Å². The van der Waals surface area contributed by atoms with Gasteiger partial charge in [-0.05, 0) is 6.07 Å². The molecule has 0 saturated carbocycles. The molecule has 0 aromatic heterocycles. The summed E-state index contributed by atoms with van der Waals surface area (Å²) >= 11 is 0. The van der Waals surface area contributed by atoms with E-state index in [2.05, 4.69) is 10.6 Å². The number of hydrogen-bond donors (Lipinski definition) is 3. The number of benzene rings is 1. The second kappa shape index (κ2) is 5.77. The Labute approximate surface area is 109 Å². The number of carbonyl (C=O) groups excluding carboxylic acids is 1. The minimum atomic E-state index is -0.582. The summed E-state index contributed by atoms with van der Waals surface area (Å²) in [6.07, 6.45) is -0.494. The summed E-state index contributed by atoms with van der Waals surface area (Å²) < 4.78 is 0. The Hall–Kier alpha value is -1.99. The molecule has 2 rings (SSSR count). The monoisotopic (exact) mass is 265 g/mol. The number of nitro benzene ring substituents is 1. The van der Waals surface area contributed by atoms with Crippen LogP contribution in [0.2, 0.25) is 0 Å². The maximum absolute atomic E-state index is 11.9. The van der Waals surface area contributed by atoms with E-state index < -0.39 is 16.9 Å². The van der Waals surface area contributed by atoms with Crippen molar-refractivity contribution in [3.8, 4) is 0 Å². The van der Waals surface area contributed by atoms with Crippen molar-refractivity contribution in [3.63, 3.8) is 0 Å². The summed E-state index contributed by atoms with van der Waals surface area (Å²) in [5, 5.41) is 26.0. The summed E-state index contributed by atoms with van der Waals surface area (Å²) in [6.45, 7) is 1.42. The maximum atomic E-state index is 11.9. The van der Waals surface area contributed by atoms with E-state index in [4.69, 9.17) is 0 Å². The van der Waals surface area contributed by atoms with E-state index in [1.807, 2.05) is 0 Å². The molecule has 1 amide bonds. The molecule has 0 radical (unpaired) electrons. The van der Waals surface area contributed by atoms with Crippen LogP contribution in [0.4, 0.5) is 5.69 Å². The van der Waals surface area contributed by atoms with Crippen molar-refractivity contribution < 1.29 is 14.8 Å². The quantitative estimate of drug-likeness (QED) is 0.521. The Morgan fingerprint density at radius 3 is 2.84 bits per heavy atom. The molecular formula is C12H15N3O4. The fourth-order valence-corrected chi connectivity index (χ4v) is 2.07. The van der Waals surface area contributed by atoms with Gasteiger partial charge in [0, 0.05) is 31.6 Å². The van der Waals surface area contributed by atoms with Crippen molar-refractivity contribution in [3.05, 3.63) is 39.9 Å². The lowest BCUT2D eigenvalue weighted by atomic mass is 10.1. The smallest absolute Gasteiger partial charge is 0.282 e. The van der Waals surface area contributed by atoms with Crippen LogP contribution in [0.1, 0.15) is 10.4 Å². The molecule has 19 heavy (non-hydrogen) atoms. The van der Waals surface area contributed by atoms with Gasteiger partial charge in [0.1, 0.15) is 5.56 Å². The van der Waals surface area contributed by atoms with Crippen LogP contribution < -0.4 is 10.6 Å². The van der Waals surface area contributed by atoms with Gasteiger partial charge in [0.2, 0.25) is 0 Å². The van der Waals surface area contributed by atoms with Crippen LogP contribution in [-0.2, 0) is 0 Å². The minimum Gasteiger partial charge on any atom is -0.391 e. The van der Waals surface area contributed by atoms with Gasteiger partial charge < -0.3 is 15.7 Å². The third-order valence-corrected chi connectivity index (χ3v) is 3.17. The molecule has 102 valence electrons. The Kier molecular flexibility index (Phi) is 4.08. The number of nitrogens with one attached hydrogen (secondary N) is 2. The van der Waals surface area contributed by atoms with Gasteiger partial charge in [-0.2, -0.15) is 0 Å². The molecule has 1 aromatic carbocycles. The molecule has 0 bridgehead atoms. The van der Waals surface area contributed by atoms with Gasteiger partial charge in [-0.25, -0.2) is 0 Å². The first-order chi connectivity index (χ1) is 9.09. The molecule has 2 unspecified atom stereocenters. The summed E-state index contributed by atoms with van der Waals surface area (Å²) in [7, 11) is 0. The lowest BCUT2D eigenvalue weighted by Crippen LogP contribution is -2.34. The van der Waals surface area contributed by atoms with Crippen molar-refractivity contribution in [2.75, 3.05) is 19.6 Å². The Bertz CT molecular complexity index is 492. The van der Waals surface area contributed by atoms with Gasteiger partial charge in [-0.3, -0.25) is 14.9 Å². The molecule has 1 fully saturated rings. The van der Waals surface area contributed by atoms with E-state index in [0.717, 1.165) is 0 Å². The fraction of sp³-hybridized carbons (Fsp3) is 0.417. The predicted molar refractivity (Wildman–Crippen MR) is 67.8 cm³/mol. The Morgan fingerprint density at radius 2 is 2.21 bits per heavy atom. The highest BCUT2D eigenvalue weighted by molar-refractivity contribution is 5.98. The van der Waals surface area contributed by atoms with Crippen LogP contribution in [0.5, 0.6) is 0 Å². The molecule has 1 aliphatic rings. The minimum absolute atomic E-state index is 0.0351. The summed E-state index contributed by atoms with van der Waals surface area (Å²) in [5.41, 5.74) is -0.182. The van der Waals surface area contributed by atoms with Crippen molar-refractivity contribution >= 4 is 11.6 Å². The van der Waals surface area contributed by atoms with E-state index >= 15 is 0 Å². The topological polar surface area (TPSA) is 104 Å². The first-order valence-corrected chi connectivity index (χ1v) is 6.00. The van der Waals surface area contributed by atoms with Gasteiger partial charge in [0.25, 0.3) is 11.6 Å². The lowest BCUT2D eigenvalue weighted by Gasteiger charge is -2.14. The van der Waals surface area contributed by atoms with Crippen LogP contribution in [0.25, 0.3) is 0 Å². The highest BCUT2D eigenvalue weighted by Crippen LogP contribution is 2.17. The normalized spacial score (nSPS) is 22.2. The van der Waals surface area contributed by atoms with Crippen LogP contribution in [-0.4, -0.2) is 41.7 Å². The zero-order valence-electron chi connectivity index (χ0n) is 10.2. The molecule has 3 N–H and O–H groups in total. The number of para-hydroxylation sites is 1. The summed E-state index contributed by atoms with van der Waals surface area (Å²) in [5.74, 6) is -0.557. The van der Waals surface area contributed by atoms with Gasteiger partial charge >= 0.3 is 0 Å². The highest BCUT2D eigenvalue weighted by atomic mass is 16.6. The molecule has 1 aliphatic heterocycles. The van der Waals surface area contributed by atoms with E-state index in [1.165, 1.54) is 18.2 Å². The van der Waals surface area contributed by atoms with Crippen molar-refractivity contribution in [2.45, 2.75) is 6.10 Å². The van der Waals surface area contributed by atoms with Crippen LogP contribution >= 0.6 is 0 Å². The summed E-state index contributed by atoms with van der Waals surface area (Å²) in [4.78, 5) is 22.1. The third kappa shape index (κ3) is 3.07. The Balaban J connectivity index is 2.02. The highest BCUT2D eigenvalue weighted by Gasteiger charge is 2.26. The van der Waals surface area contributed by atoms with Crippen LogP contribution in [0, 0.1) is 16.0 Å². The third-order valence-electron chi connectivity index (χ3n) is 3.17. The lowest BCUT2D eigenvalue weighted by molar-refractivity contribution is -0.385. The zero-order valence-corrected chi connectivity index (χ0v) is 10.2. The molecule has 1 saturated heterocycles. The molecule has 1 heterocycles. The number of aliphatic hydroxyl groups is 1. The second-order valence-electron chi connectivity index (χ2n) is 4.47. The number of β-amino-alcohol motifs (C(OH)–C–C–N with tert-alkyl or cyclic N) is 1.